The maximum absolute atomic E-state index is 12.1. The van der Waals surface area contributed by atoms with Gasteiger partial charge in [0, 0.05) is 23.6 Å². The molecule has 21 heavy (non-hydrogen) atoms. The van der Waals surface area contributed by atoms with E-state index >= 15 is 0 Å². The van der Waals surface area contributed by atoms with Crippen molar-refractivity contribution >= 4 is 23.2 Å². The van der Waals surface area contributed by atoms with Crippen molar-refractivity contribution in [2.45, 2.75) is 26.7 Å². The first-order valence-electron chi connectivity index (χ1n) is 6.72. The lowest BCUT2D eigenvalue weighted by molar-refractivity contribution is -0.384. The van der Waals surface area contributed by atoms with Gasteiger partial charge in [0.2, 0.25) is 0 Å². The molecule has 0 aromatic heterocycles. The summed E-state index contributed by atoms with van der Waals surface area (Å²) >= 11 is 5.78. The van der Waals surface area contributed by atoms with Gasteiger partial charge in [0.1, 0.15) is 5.02 Å². The second-order valence-electron chi connectivity index (χ2n) is 4.97. The molecule has 116 valence electrons. The van der Waals surface area contributed by atoms with Crippen molar-refractivity contribution in [1.29, 1.82) is 0 Å². The third-order valence-electron chi connectivity index (χ3n) is 3.87. The summed E-state index contributed by atoms with van der Waals surface area (Å²) in [4.78, 5) is 22.1. The normalized spacial score (nSPS) is 11.2. The molecule has 0 bridgehead atoms. The Morgan fingerprint density at radius 2 is 2.05 bits per heavy atom. The van der Waals surface area contributed by atoms with Crippen LogP contribution in [-0.4, -0.2) is 29.1 Å². The molecule has 0 saturated carbocycles. The fourth-order valence-electron chi connectivity index (χ4n) is 1.95. The number of aliphatic hydroxyl groups excluding tert-OH is 1. The Bertz CT molecular complexity index is 521. The number of carbonyl (C=O) groups excluding carboxylic acids is 1. The minimum Gasteiger partial charge on any atom is -0.396 e. The van der Waals surface area contributed by atoms with Crippen molar-refractivity contribution in [2.75, 3.05) is 13.2 Å². The third kappa shape index (κ3) is 4.15. The van der Waals surface area contributed by atoms with Crippen LogP contribution in [0.1, 0.15) is 37.0 Å². The first-order valence-corrected chi connectivity index (χ1v) is 7.10. The number of aliphatic hydroxyl groups is 1. The van der Waals surface area contributed by atoms with E-state index < -0.39 is 4.92 Å². The van der Waals surface area contributed by atoms with Crippen molar-refractivity contribution in [2.24, 2.45) is 5.41 Å². The number of rotatable bonds is 7. The zero-order valence-electron chi connectivity index (χ0n) is 12.1. The number of nitro benzene ring substituents is 1. The van der Waals surface area contributed by atoms with Crippen LogP contribution in [0.2, 0.25) is 5.02 Å². The average molecular weight is 315 g/mol. The first kappa shape index (κ1) is 17.4. The van der Waals surface area contributed by atoms with Gasteiger partial charge in [-0.2, -0.15) is 0 Å². The number of hydrogen-bond acceptors (Lipinski definition) is 4. The van der Waals surface area contributed by atoms with E-state index in [4.69, 9.17) is 11.6 Å². The molecule has 0 unspecified atom stereocenters. The number of nitro groups is 1. The molecule has 0 saturated heterocycles. The lowest BCUT2D eigenvalue weighted by Gasteiger charge is -2.29. The highest BCUT2D eigenvalue weighted by Gasteiger charge is 2.26. The smallest absolute Gasteiger partial charge is 0.287 e. The van der Waals surface area contributed by atoms with Crippen LogP contribution >= 0.6 is 11.6 Å². The molecular weight excluding hydrogens is 296 g/mol. The van der Waals surface area contributed by atoms with E-state index in [9.17, 15) is 20.0 Å². The number of benzene rings is 1. The van der Waals surface area contributed by atoms with E-state index in [1.54, 1.807) is 0 Å². The Morgan fingerprint density at radius 1 is 1.43 bits per heavy atom. The Morgan fingerprint density at radius 3 is 2.48 bits per heavy atom. The average Bonchev–Trinajstić information content (AvgIpc) is 2.48. The summed E-state index contributed by atoms with van der Waals surface area (Å²) in [6.07, 6.45) is 1.47. The van der Waals surface area contributed by atoms with E-state index in [1.165, 1.54) is 18.2 Å². The van der Waals surface area contributed by atoms with Crippen LogP contribution in [0, 0.1) is 15.5 Å². The predicted octanol–water partition coefficient (Wildman–Crippen LogP) is 2.78. The fourth-order valence-corrected chi connectivity index (χ4v) is 2.20. The maximum atomic E-state index is 12.1. The topological polar surface area (TPSA) is 92.5 Å². The maximum Gasteiger partial charge on any atom is 0.287 e. The van der Waals surface area contributed by atoms with Crippen molar-refractivity contribution in [3.8, 4) is 0 Å². The van der Waals surface area contributed by atoms with E-state index in [2.05, 4.69) is 5.32 Å². The lowest BCUT2D eigenvalue weighted by atomic mass is 9.83. The highest BCUT2D eigenvalue weighted by Crippen LogP contribution is 2.26. The van der Waals surface area contributed by atoms with Crippen LogP contribution in [0.4, 0.5) is 5.69 Å². The summed E-state index contributed by atoms with van der Waals surface area (Å²) in [6.45, 7) is 4.23. The fraction of sp³-hybridized carbons (Fsp3) is 0.500. The van der Waals surface area contributed by atoms with Crippen LogP contribution in [0.25, 0.3) is 0 Å². The molecule has 0 aliphatic heterocycles. The minimum atomic E-state index is -0.602. The van der Waals surface area contributed by atoms with Crippen LogP contribution in [0.15, 0.2) is 18.2 Å². The van der Waals surface area contributed by atoms with Crippen molar-refractivity contribution in [3.63, 3.8) is 0 Å². The summed E-state index contributed by atoms with van der Waals surface area (Å²) in [5.74, 6) is -0.369. The number of nitrogens with one attached hydrogen (secondary N) is 1. The van der Waals surface area contributed by atoms with Gasteiger partial charge in [0.25, 0.3) is 11.6 Å². The Balaban J connectivity index is 2.81. The Kier molecular flexibility index (Phi) is 6.11. The highest BCUT2D eigenvalue weighted by molar-refractivity contribution is 6.33. The monoisotopic (exact) mass is 314 g/mol. The predicted molar refractivity (Wildman–Crippen MR) is 80.5 cm³/mol. The first-order chi connectivity index (χ1) is 9.89. The molecule has 0 aliphatic carbocycles. The summed E-state index contributed by atoms with van der Waals surface area (Å²) in [6, 6.07) is 3.83. The minimum absolute atomic E-state index is 0.0126. The Hall–Kier alpha value is -1.66. The van der Waals surface area contributed by atoms with Gasteiger partial charge in [-0.05, 0) is 25.0 Å². The molecule has 1 amide bonds. The zero-order valence-corrected chi connectivity index (χ0v) is 12.8. The molecule has 0 atom stereocenters. The van der Waals surface area contributed by atoms with E-state index in [-0.39, 0.29) is 34.2 Å². The molecule has 6 nitrogen and oxygen atoms in total. The molecule has 7 heteroatoms. The van der Waals surface area contributed by atoms with E-state index in [1.807, 2.05) is 13.8 Å². The van der Waals surface area contributed by atoms with Gasteiger partial charge in [0.15, 0.2) is 0 Å². The zero-order chi connectivity index (χ0) is 16.0. The van der Waals surface area contributed by atoms with E-state index in [0.29, 0.717) is 6.54 Å². The second-order valence-corrected chi connectivity index (χ2v) is 5.38. The van der Waals surface area contributed by atoms with Crippen LogP contribution < -0.4 is 5.32 Å². The number of nitrogens with zero attached hydrogens (tertiary/aromatic N) is 1. The van der Waals surface area contributed by atoms with Gasteiger partial charge < -0.3 is 10.4 Å². The van der Waals surface area contributed by atoms with Gasteiger partial charge in [-0.25, -0.2) is 0 Å². The quantitative estimate of drug-likeness (QED) is 0.598. The summed E-state index contributed by atoms with van der Waals surface area (Å²) in [5, 5.41) is 22.8. The van der Waals surface area contributed by atoms with Gasteiger partial charge in [0.05, 0.1) is 11.5 Å². The molecule has 0 radical (unpaired) electrons. The molecule has 0 aliphatic rings. The van der Waals surface area contributed by atoms with Gasteiger partial charge >= 0.3 is 0 Å². The lowest BCUT2D eigenvalue weighted by Crippen LogP contribution is -2.39. The number of carbonyl (C=O) groups is 1. The molecule has 0 heterocycles. The standard InChI is InChI=1S/C14H19ClN2O4/c1-3-14(4-2,9-18)8-16-13(19)10-5-6-12(17(20)21)11(15)7-10/h5-7,18H,3-4,8-9H2,1-2H3,(H,16,19). The molecule has 0 fully saturated rings. The SMILES string of the molecule is CCC(CC)(CO)CNC(=O)c1ccc([N+](=O)[O-])c(Cl)c1. The molecule has 0 spiro atoms. The third-order valence-corrected chi connectivity index (χ3v) is 4.17. The Labute approximate surface area is 128 Å². The highest BCUT2D eigenvalue weighted by atomic mass is 35.5. The summed E-state index contributed by atoms with van der Waals surface area (Å²) in [7, 11) is 0. The van der Waals surface area contributed by atoms with E-state index in [0.717, 1.165) is 12.8 Å². The number of hydrogen-bond donors (Lipinski definition) is 2. The van der Waals surface area contributed by atoms with Gasteiger partial charge in [-0.1, -0.05) is 25.4 Å². The van der Waals surface area contributed by atoms with Crippen molar-refractivity contribution in [3.05, 3.63) is 38.9 Å². The van der Waals surface area contributed by atoms with Crippen molar-refractivity contribution in [1.82, 2.24) is 5.32 Å². The molecule has 1 rings (SSSR count). The van der Waals surface area contributed by atoms with Gasteiger partial charge in [-0.15, -0.1) is 0 Å². The van der Waals surface area contributed by atoms with Crippen molar-refractivity contribution < 1.29 is 14.8 Å². The number of amides is 1. The molecule has 1 aromatic carbocycles. The van der Waals surface area contributed by atoms with Crippen LogP contribution in [0.5, 0.6) is 0 Å². The molecule has 2 N–H and O–H groups in total. The molecule has 1 aromatic rings. The molecular formula is C14H19ClN2O4. The summed E-state index contributed by atoms with van der Waals surface area (Å²) < 4.78 is 0. The number of halogens is 1. The van der Waals surface area contributed by atoms with Gasteiger partial charge in [-0.3, -0.25) is 14.9 Å². The second kappa shape index (κ2) is 7.38. The van der Waals surface area contributed by atoms with Crippen LogP contribution in [0.3, 0.4) is 0 Å². The van der Waals surface area contributed by atoms with Crippen LogP contribution in [-0.2, 0) is 0 Å². The largest absolute Gasteiger partial charge is 0.396 e. The summed E-state index contributed by atoms with van der Waals surface area (Å²) in [5.41, 5.74) is -0.329.